The second-order valence-corrected chi connectivity index (χ2v) is 5.46. The Kier molecular flexibility index (Phi) is 3.78. The molecule has 6 nitrogen and oxygen atoms in total. The lowest BCUT2D eigenvalue weighted by molar-refractivity contribution is -0.509. The summed E-state index contributed by atoms with van der Waals surface area (Å²) in [6.45, 7) is 2.07. The number of fused-ring (bicyclic) bond motifs is 3. The first-order chi connectivity index (χ1) is 12.3. The van der Waals surface area contributed by atoms with E-state index in [0.29, 0.717) is 12.6 Å². The molecule has 4 rings (SSSR count). The number of ether oxygens (including phenoxy) is 1. The zero-order chi connectivity index (χ0) is 17.2. The molecule has 0 saturated carbocycles. The summed E-state index contributed by atoms with van der Waals surface area (Å²) in [5.74, 6) is -0.0229. The fourth-order valence-electron chi connectivity index (χ4n) is 2.73. The van der Waals surface area contributed by atoms with Gasteiger partial charge in [0.2, 0.25) is 0 Å². The molecule has 3 aromatic heterocycles. The molecule has 0 fully saturated rings. The third kappa shape index (κ3) is 2.78. The van der Waals surface area contributed by atoms with Gasteiger partial charge in [-0.15, -0.1) is 0 Å². The monoisotopic (exact) mass is 332 g/mol. The van der Waals surface area contributed by atoms with Crippen molar-refractivity contribution in [3.8, 4) is 0 Å². The van der Waals surface area contributed by atoms with E-state index in [-0.39, 0.29) is 5.69 Å². The Bertz CT molecular complexity index is 1060. The van der Waals surface area contributed by atoms with Crippen LogP contribution in [0.15, 0.2) is 67.0 Å². The van der Waals surface area contributed by atoms with Gasteiger partial charge >= 0.3 is 5.97 Å². The molecular formula is C19H16N4O2. The molecule has 25 heavy (non-hydrogen) atoms. The standard InChI is InChI=1S/C19H16N4O2/c1-2-25-18(24)16-12-15-13-22-11-7-6-10-17(22)23(15)19(21-16)20-14-8-4-3-5-9-14/h3-13H,2H2,1H3. The van der Waals surface area contributed by atoms with Crippen LogP contribution in [0.1, 0.15) is 17.4 Å². The second kappa shape index (κ2) is 6.24. The molecule has 0 atom stereocenters. The van der Waals surface area contributed by atoms with Crippen molar-refractivity contribution in [2.24, 2.45) is 0 Å². The lowest BCUT2D eigenvalue weighted by atomic mass is 10.3. The quantitative estimate of drug-likeness (QED) is 0.424. The Balaban J connectivity index is 1.94. The number of hydrogen-bond acceptors (Lipinski definition) is 3. The molecule has 3 heterocycles. The lowest BCUT2D eigenvalue weighted by Gasteiger charge is -2.18. The number of esters is 1. The molecule has 0 unspecified atom stereocenters. The molecule has 0 radical (unpaired) electrons. The zero-order valence-corrected chi connectivity index (χ0v) is 13.7. The normalized spacial score (nSPS) is 10.9. The summed E-state index contributed by atoms with van der Waals surface area (Å²) in [6.07, 6.45) is 3.88. The summed E-state index contributed by atoms with van der Waals surface area (Å²) in [5, 5.41) is 4.63. The van der Waals surface area contributed by atoms with Crippen LogP contribution in [-0.2, 0) is 4.74 Å². The van der Waals surface area contributed by atoms with Gasteiger partial charge in [0, 0.05) is 11.5 Å². The first-order valence-electron chi connectivity index (χ1n) is 8.02. The maximum absolute atomic E-state index is 12.2. The highest BCUT2D eigenvalue weighted by Crippen LogP contribution is 2.29. The number of imidazole rings is 1. The summed E-state index contributed by atoms with van der Waals surface area (Å²) in [7, 11) is 0. The first kappa shape index (κ1) is 15.1. The lowest BCUT2D eigenvalue weighted by Crippen LogP contribution is -2.16. The number of aromatic nitrogens is 3. The maximum atomic E-state index is 12.2. The van der Waals surface area contributed by atoms with Crippen LogP contribution in [0.3, 0.4) is 0 Å². The van der Waals surface area contributed by atoms with Crippen molar-refractivity contribution in [2.75, 3.05) is 6.61 Å². The minimum absolute atomic E-state index is 0.243. The predicted molar refractivity (Wildman–Crippen MR) is 93.4 cm³/mol. The molecule has 4 aromatic rings. The van der Waals surface area contributed by atoms with Gasteiger partial charge in [-0.05, 0) is 30.8 Å². The smallest absolute Gasteiger partial charge is 0.340 e. The van der Waals surface area contributed by atoms with Gasteiger partial charge in [0.05, 0.1) is 18.5 Å². The highest BCUT2D eigenvalue weighted by Gasteiger charge is 2.11. The van der Waals surface area contributed by atoms with Gasteiger partial charge in [0.25, 0.3) is 0 Å². The Hall–Kier alpha value is -3.41. The molecule has 124 valence electrons. The first-order valence-corrected chi connectivity index (χ1v) is 8.02. The van der Waals surface area contributed by atoms with Gasteiger partial charge in [0.15, 0.2) is 5.65 Å². The topological polar surface area (TPSA) is 61.8 Å². The van der Waals surface area contributed by atoms with Crippen LogP contribution in [0.5, 0.6) is 0 Å². The van der Waals surface area contributed by atoms with E-state index in [0.717, 1.165) is 16.9 Å². The van der Waals surface area contributed by atoms with Crippen molar-refractivity contribution in [3.05, 3.63) is 78.0 Å². The SMILES string of the molecule is CCOC(=O)c1cc2c[n+]3ccccc3n2c([N-]c2ccccc2)n1. The number of pyridine rings is 1. The van der Waals surface area contributed by atoms with Crippen molar-refractivity contribution in [3.63, 3.8) is 0 Å². The Morgan fingerprint density at radius 3 is 2.80 bits per heavy atom. The highest BCUT2D eigenvalue weighted by atomic mass is 16.5. The molecule has 0 N–H and O–H groups in total. The molecule has 0 spiro atoms. The number of carbonyl (C=O) groups excluding carboxylic acids is 1. The predicted octanol–water partition coefficient (Wildman–Crippen LogP) is 3.59. The van der Waals surface area contributed by atoms with Crippen molar-refractivity contribution < 1.29 is 13.9 Å². The Morgan fingerprint density at radius 2 is 2.00 bits per heavy atom. The van der Waals surface area contributed by atoms with Crippen LogP contribution < -0.4 is 4.40 Å². The van der Waals surface area contributed by atoms with E-state index in [4.69, 9.17) is 4.74 Å². The average molecular weight is 332 g/mol. The van der Waals surface area contributed by atoms with E-state index >= 15 is 0 Å². The number of carbonyl (C=O) groups is 1. The number of hydrogen-bond donors (Lipinski definition) is 0. The van der Waals surface area contributed by atoms with Crippen molar-refractivity contribution in [1.82, 2.24) is 9.38 Å². The third-order valence-corrected chi connectivity index (χ3v) is 3.80. The van der Waals surface area contributed by atoms with E-state index in [9.17, 15) is 4.79 Å². The minimum Gasteiger partial charge on any atom is -0.462 e. The highest BCUT2D eigenvalue weighted by molar-refractivity contribution is 5.89. The minimum atomic E-state index is -0.454. The number of rotatable bonds is 4. The molecule has 0 bridgehead atoms. The van der Waals surface area contributed by atoms with Gasteiger partial charge in [0.1, 0.15) is 6.20 Å². The Morgan fingerprint density at radius 1 is 1.20 bits per heavy atom. The molecule has 1 aromatic carbocycles. The molecule has 0 aliphatic rings. The number of para-hydroxylation sites is 1. The molecule has 0 amide bonds. The van der Waals surface area contributed by atoms with E-state index in [1.807, 2.05) is 69.7 Å². The zero-order valence-electron chi connectivity index (χ0n) is 13.7. The number of nitrogens with zero attached hydrogens (tertiary/aromatic N) is 4. The van der Waals surface area contributed by atoms with Crippen LogP contribution >= 0.6 is 0 Å². The molecule has 6 heteroatoms. The fraction of sp³-hybridized carbons (Fsp3) is 0.105. The summed E-state index contributed by atoms with van der Waals surface area (Å²) >= 11 is 0. The molecule has 0 saturated heterocycles. The molecule has 0 aliphatic heterocycles. The Labute approximate surface area is 144 Å². The molecular weight excluding hydrogens is 316 g/mol. The van der Waals surface area contributed by atoms with E-state index in [1.165, 1.54) is 0 Å². The maximum Gasteiger partial charge on any atom is 0.340 e. The largest absolute Gasteiger partial charge is 0.462 e. The van der Waals surface area contributed by atoms with E-state index in [2.05, 4.69) is 10.3 Å². The van der Waals surface area contributed by atoms with Crippen molar-refractivity contribution >= 4 is 28.8 Å². The van der Waals surface area contributed by atoms with Crippen molar-refractivity contribution in [1.29, 1.82) is 0 Å². The van der Waals surface area contributed by atoms with Gasteiger partial charge in [-0.25, -0.2) is 9.20 Å². The summed E-state index contributed by atoms with van der Waals surface area (Å²) < 4.78 is 8.98. The van der Waals surface area contributed by atoms with Gasteiger partial charge in [-0.2, -0.15) is 0 Å². The van der Waals surface area contributed by atoms with E-state index < -0.39 is 5.97 Å². The van der Waals surface area contributed by atoms with Crippen LogP contribution in [0.2, 0.25) is 0 Å². The molecule has 0 aliphatic carbocycles. The van der Waals surface area contributed by atoms with E-state index in [1.54, 1.807) is 13.0 Å². The second-order valence-electron chi connectivity index (χ2n) is 5.46. The number of benzene rings is 1. The summed E-state index contributed by atoms with van der Waals surface area (Å²) in [6, 6.07) is 17.1. The van der Waals surface area contributed by atoms with Gasteiger partial charge in [-0.3, -0.25) is 0 Å². The summed E-state index contributed by atoms with van der Waals surface area (Å²) in [4.78, 5) is 16.6. The van der Waals surface area contributed by atoms with Gasteiger partial charge < -0.3 is 19.4 Å². The van der Waals surface area contributed by atoms with Crippen LogP contribution in [0.4, 0.5) is 11.6 Å². The van der Waals surface area contributed by atoms with Crippen LogP contribution in [-0.4, -0.2) is 22.0 Å². The fourth-order valence-corrected chi connectivity index (χ4v) is 2.73. The van der Waals surface area contributed by atoms with Crippen LogP contribution in [0, 0.1) is 0 Å². The van der Waals surface area contributed by atoms with Gasteiger partial charge in [-0.1, -0.05) is 36.4 Å². The van der Waals surface area contributed by atoms with Crippen LogP contribution in [0.25, 0.3) is 16.5 Å². The average Bonchev–Trinajstić information content (AvgIpc) is 3.01. The van der Waals surface area contributed by atoms with Crippen molar-refractivity contribution in [2.45, 2.75) is 6.92 Å². The summed E-state index contributed by atoms with van der Waals surface area (Å²) in [5.41, 5.74) is 2.74. The third-order valence-electron chi connectivity index (χ3n) is 3.80.